The molecule has 0 bridgehead atoms. The van der Waals surface area contributed by atoms with Crippen LogP contribution in [0.3, 0.4) is 0 Å². The fourth-order valence-corrected chi connectivity index (χ4v) is 1.81. The number of nitrogens with one attached hydrogen (secondary N) is 1. The highest BCUT2D eigenvalue weighted by molar-refractivity contribution is 6.30. The first kappa shape index (κ1) is 13.0. The van der Waals surface area contributed by atoms with Gasteiger partial charge in [0.2, 0.25) is 0 Å². The molecule has 0 radical (unpaired) electrons. The topological polar surface area (TPSA) is 24.9 Å². The van der Waals surface area contributed by atoms with E-state index in [-0.39, 0.29) is 5.82 Å². The predicted molar refractivity (Wildman–Crippen MR) is 71.1 cm³/mol. The summed E-state index contributed by atoms with van der Waals surface area (Å²) in [7, 11) is 0. The van der Waals surface area contributed by atoms with Crippen molar-refractivity contribution >= 4 is 11.6 Å². The number of nitrogens with zero attached hydrogens (tertiary/aromatic N) is 1. The molecule has 4 heteroatoms. The molecular weight excluding hydrogens is 251 g/mol. The Morgan fingerprint density at radius 3 is 2.83 bits per heavy atom. The second kappa shape index (κ2) is 6.47. The van der Waals surface area contributed by atoms with E-state index in [9.17, 15) is 4.39 Å². The molecule has 0 amide bonds. The lowest BCUT2D eigenvalue weighted by Crippen LogP contribution is -2.17. The Bertz CT molecular complexity index is 502. The van der Waals surface area contributed by atoms with Crippen LogP contribution in [-0.4, -0.2) is 11.5 Å². The van der Waals surface area contributed by atoms with Crippen molar-refractivity contribution in [2.45, 2.75) is 13.0 Å². The van der Waals surface area contributed by atoms with E-state index in [0.717, 1.165) is 18.7 Å². The van der Waals surface area contributed by atoms with Crippen LogP contribution >= 0.6 is 11.6 Å². The zero-order valence-electron chi connectivity index (χ0n) is 9.87. The van der Waals surface area contributed by atoms with Gasteiger partial charge in [-0.2, -0.15) is 0 Å². The second-order valence-corrected chi connectivity index (χ2v) is 4.42. The lowest BCUT2D eigenvalue weighted by Gasteiger charge is -2.06. The summed E-state index contributed by atoms with van der Waals surface area (Å²) in [6, 6.07) is 10.6. The quantitative estimate of drug-likeness (QED) is 0.839. The van der Waals surface area contributed by atoms with Crippen LogP contribution in [0.4, 0.5) is 4.39 Å². The van der Waals surface area contributed by atoms with Crippen molar-refractivity contribution in [1.82, 2.24) is 10.3 Å². The lowest BCUT2D eigenvalue weighted by atomic mass is 10.2. The van der Waals surface area contributed by atoms with Crippen molar-refractivity contribution in [2.24, 2.45) is 0 Å². The maximum Gasteiger partial charge on any atom is 0.129 e. The van der Waals surface area contributed by atoms with Gasteiger partial charge < -0.3 is 5.32 Å². The molecule has 0 saturated heterocycles. The molecule has 0 aliphatic rings. The van der Waals surface area contributed by atoms with Crippen LogP contribution in [0.25, 0.3) is 0 Å². The van der Waals surface area contributed by atoms with Crippen molar-refractivity contribution in [3.05, 3.63) is 64.7 Å². The third kappa shape index (κ3) is 3.79. The minimum absolute atomic E-state index is 0.271. The van der Waals surface area contributed by atoms with Crippen molar-refractivity contribution in [3.63, 3.8) is 0 Å². The first-order chi connectivity index (χ1) is 8.75. The van der Waals surface area contributed by atoms with Gasteiger partial charge in [-0.1, -0.05) is 23.7 Å². The second-order valence-electron chi connectivity index (χ2n) is 3.98. The number of rotatable bonds is 5. The van der Waals surface area contributed by atoms with E-state index in [2.05, 4.69) is 10.3 Å². The number of hydrogen-bond acceptors (Lipinski definition) is 2. The smallest absolute Gasteiger partial charge is 0.129 e. The van der Waals surface area contributed by atoms with Crippen molar-refractivity contribution < 1.29 is 4.39 Å². The van der Waals surface area contributed by atoms with Crippen LogP contribution in [0, 0.1) is 5.82 Å². The van der Waals surface area contributed by atoms with E-state index >= 15 is 0 Å². The van der Waals surface area contributed by atoms with Crippen molar-refractivity contribution in [1.29, 1.82) is 0 Å². The van der Waals surface area contributed by atoms with Crippen LogP contribution in [0.5, 0.6) is 0 Å². The molecule has 2 nitrogen and oxygen atoms in total. The molecule has 1 heterocycles. The molecule has 2 aromatic rings. The number of benzene rings is 1. The maximum absolute atomic E-state index is 13.5. The van der Waals surface area contributed by atoms with Gasteiger partial charge in [0.15, 0.2) is 0 Å². The summed E-state index contributed by atoms with van der Waals surface area (Å²) >= 11 is 5.69. The molecule has 0 aliphatic carbocycles. The van der Waals surface area contributed by atoms with Gasteiger partial charge >= 0.3 is 0 Å². The summed E-state index contributed by atoms with van der Waals surface area (Å²) in [6.45, 7) is 1.26. The average Bonchev–Trinajstić information content (AvgIpc) is 2.38. The minimum atomic E-state index is -0.271. The van der Waals surface area contributed by atoms with Crippen LogP contribution in [0.15, 0.2) is 42.6 Å². The Morgan fingerprint density at radius 1 is 1.22 bits per heavy atom. The van der Waals surface area contributed by atoms with Gasteiger partial charge in [0.25, 0.3) is 0 Å². The van der Waals surface area contributed by atoms with E-state index in [0.29, 0.717) is 17.1 Å². The third-order valence-electron chi connectivity index (χ3n) is 2.61. The molecule has 1 aromatic heterocycles. The first-order valence-electron chi connectivity index (χ1n) is 5.80. The molecule has 1 N–H and O–H groups in total. The van der Waals surface area contributed by atoms with E-state index in [1.165, 1.54) is 6.07 Å². The largest absolute Gasteiger partial charge is 0.312 e. The van der Waals surface area contributed by atoms with Gasteiger partial charge in [0, 0.05) is 42.0 Å². The highest BCUT2D eigenvalue weighted by Crippen LogP contribution is 2.14. The molecular formula is C14H14ClFN2. The molecule has 0 saturated carbocycles. The van der Waals surface area contributed by atoms with Gasteiger partial charge in [-0.05, 0) is 24.3 Å². The zero-order chi connectivity index (χ0) is 12.8. The Hall–Kier alpha value is -1.45. The van der Waals surface area contributed by atoms with Crippen LogP contribution in [0.2, 0.25) is 5.02 Å². The Labute approximate surface area is 111 Å². The van der Waals surface area contributed by atoms with Crippen LogP contribution < -0.4 is 5.32 Å². The van der Waals surface area contributed by atoms with Gasteiger partial charge in [-0.25, -0.2) is 4.39 Å². The van der Waals surface area contributed by atoms with Crippen molar-refractivity contribution in [3.8, 4) is 0 Å². The summed E-state index contributed by atoms with van der Waals surface area (Å²) in [5.41, 5.74) is 1.65. The molecule has 94 valence electrons. The Morgan fingerprint density at radius 2 is 2.11 bits per heavy atom. The van der Waals surface area contributed by atoms with E-state index in [1.54, 1.807) is 18.3 Å². The normalized spacial score (nSPS) is 10.6. The lowest BCUT2D eigenvalue weighted by molar-refractivity contribution is 0.587. The van der Waals surface area contributed by atoms with Crippen molar-refractivity contribution in [2.75, 3.05) is 6.54 Å². The zero-order valence-corrected chi connectivity index (χ0v) is 10.6. The minimum Gasteiger partial charge on any atom is -0.312 e. The molecule has 0 fully saturated rings. The molecule has 1 aromatic carbocycles. The number of halogens is 2. The summed E-state index contributed by atoms with van der Waals surface area (Å²) < 4.78 is 13.5. The third-order valence-corrected chi connectivity index (χ3v) is 2.85. The molecule has 0 atom stereocenters. The summed E-state index contributed by atoms with van der Waals surface area (Å²) in [6.07, 6.45) is 2.60. The predicted octanol–water partition coefficient (Wildman–Crippen LogP) is 3.21. The van der Waals surface area contributed by atoms with Gasteiger partial charge in [-0.15, -0.1) is 0 Å². The highest BCUT2D eigenvalue weighted by Gasteiger charge is 2.02. The van der Waals surface area contributed by atoms with E-state index in [1.807, 2.05) is 18.2 Å². The number of aromatic nitrogens is 1. The summed E-state index contributed by atoms with van der Waals surface area (Å²) in [4.78, 5) is 4.22. The average molecular weight is 265 g/mol. The van der Waals surface area contributed by atoms with E-state index in [4.69, 9.17) is 11.6 Å². The Balaban J connectivity index is 1.79. The Kier molecular flexibility index (Phi) is 4.67. The molecule has 18 heavy (non-hydrogen) atoms. The maximum atomic E-state index is 13.5. The molecule has 0 unspecified atom stereocenters. The van der Waals surface area contributed by atoms with Crippen LogP contribution in [-0.2, 0) is 13.0 Å². The highest BCUT2D eigenvalue weighted by atomic mass is 35.5. The summed E-state index contributed by atoms with van der Waals surface area (Å²) in [5, 5.41) is 3.61. The molecule has 2 rings (SSSR count). The standard InChI is InChI=1S/C14H14ClFN2/c15-12-5-4-11(14(16)9-12)10-17-8-6-13-3-1-2-7-18-13/h1-5,7,9,17H,6,8,10H2. The fraction of sp³-hybridized carbons (Fsp3) is 0.214. The molecule has 0 spiro atoms. The number of pyridine rings is 1. The van der Waals surface area contributed by atoms with Gasteiger partial charge in [0.1, 0.15) is 5.82 Å². The fourth-order valence-electron chi connectivity index (χ4n) is 1.65. The summed E-state index contributed by atoms with van der Waals surface area (Å²) in [5.74, 6) is -0.271. The molecule has 0 aliphatic heterocycles. The SMILES string of the molecule is Fc1cc(Cl)ccc1CNCCc1ccccn1. The number of hydrogen-bond donors (Lipinski definition) is 1. The van der Waals surface area contributed by atoms with Gasteiger partial charge in [-0.3, -0.25) is 4.98 Å². The monoisotopic (exact) mass is 264 g/mol. The van der Waals surface area contributed by atoms with E-state index < -0.39 is 0 Å². The first-order valence-corrected chi connectivity index (χ1v) is 6.18. The van der Waals surface area contributed by atoms with Gasteiger partial charge in [0.05, 0.1) is 0 Å². The van der Waals surface area contributed by atoms with Crippen LogP contribution in [0.1, 0.15) is 11.3 Å².